The van der Waals surface area contributed by atoms with Crippen molar-refractivity contribution in [3.63, 3.8) is 0 Å². The molecule has 0 bridgehead atoms. The van der Waals surface area contributed by atoms with Crippen LogP contribution in [0.15, 0.2) is 71.6 Å². The second kappa shape index (κ2) is 7.13. The maximum absolute atomic E-state index is 12.2. The van der Waals surface area contributed by atoms with E-state index in [9.17, 15) is 13.2 Å². The van der Waals surface area contributed by atoms with Crippen molar-refractivity contribution < 1.29 is 17.9 Å². The predicted octanol–water partition coefficient (Wildman–Crippen LogP) is 3.68. The Bertz CT molecular complexity index is 1170. The number of ether oxygens (including phenoxy) is 1. The molecule has 6 heteroatoms. The van der Waals surface area contributed by atoms with Gasteiger partial charge in [-0.15, -0.1) is 0 Å². The molecule has 0 spiro atoms. The van der Waals surface area contributed by atoms with Gasteiger partial charge in [-0.05, 0) is 59.0 Å². The molecule has 0 heterocycles. The first-order chi connectivity index (χ1) is 13.4. The molecule has 0 atom stereocenters. The van der Waals surface area contributed by atoms with Crippen LogP contribution in [0.5, 0.6) is 5.75 Å². The number of carbonyl (C=O) groups is 1. The molecule has 4 rings (SSSR count). The minimum atomic E-state index is -3.32. The summed E-state index contributed by atoms with van der Waals surface area (Å²) < 4.78 is 28.7. The zero-order valence-corrected chi connectivity index (χ0v) is 16.1. The molecule has 1 N–H and O–H groups in total. The number of hydrogen-bond acceptors (Lipinski definition) is 4. The summed E-state index contributed by atoms with van der Waals surface area (Å²) in [4.78, 5) is 12.4. The highest BCUT2D eigenvalue weighted by Crippen LogP contribution is 2.37. The first kappa shape index (κ1) is 18.3. The van der Waals surface area contributed by atoms with Crippen molar-refractivity contribution in [1.29, 1.82) is 0 Å². The Morgan fingerprint density at radius 3 is 2.57 bits per heavy atom. The van der Waals surface area contributed by atoms with E-state index >= 15 is 0 Å². The third kappa shape index (κ3) is 3.77. The smallest absolute Gasteiger partial charge is 0.262 e. The Balaban J connectivity index is 1.41. The summed E-state index contributed by atoms with van der Waals surface area (Å²) in [5.41, 5.74) is 5.62. The minimum absolute atomic E-state index is 0.156. The molecular formula is C22H19NO4S. The molecule has 3 aromatic carbocycles. The summed E-state index contributed by atoms with van der Waals surface area (Å²) in [5, 5.41) is 2.83. The van der Waals surface area contributed by atoms with Crippen LogP contribution >= 0.6 is 0 Å². The quantitative estimate of drug-likeness (QED) is 0.561. The van der Waals surface area contributed by atoms with Crippen LogP contribution < -0.4 is 10.1 Å². The van der Waals surface area contributed by atoms with Crippen molar-refractivity contribution in [2.75, 3.05) is 18.2 Å². The van der Waals surface area contributed by atoms with E-state index in [4.69, 9.17) is 4.74 Å². The van der Waals surface area contributed by atoms with Gasteiger partial charge in [-0.2, -0.15) is 0 Å². The zero-order valence-electron chi connectivity index (χ0n) is 15.3. The fraction of sp³-hybridized carbons (Fsp3) is 0.136. The monoisotopic (exact) mass is 393 g/mol. The third-order valence-electron chi connectivity index (χ3n) is 4.68. The summed E-state index contributed by atoms with van der Waals surface area (Å²) in [6.07, 6.45) is 1.98. The van der Waals surface area contributed by atoms with Gasteiger partial charge >= 0.3 is 0 Å². The number of fused-ring (bicyclic) bond motifs is 3. The summed E-state index contributed by atoms with van der Waals surface area (Å²) in [6, 6.07) is 20.3. The number of nitrogens with one attached hydrogen (secondary N) is 1. The van der Waals surface area contributed by atoms with E-state index in [0.717, 1.165) is 12.7 Å². The van der Waals surface area contributed by atoms with Gasteiger partial charge in [0.2, 0.25) is 0 Å². The van der Waals surface area contributed by atoms with Gasteiger partial charge in [0, 0.05) is 11.9 Å². The number of amides is 1. The van der Waals surface area contributed by atoms with Gasteiger partial charge in [0.1, 0.15) is 5.75 Å². The van der Waals surface area contributed by atoms with Crippen LogP contribution in [0.25, 0.3) is 11.1 Å². The lowest BCUT2D eigenvalue weighted by atomic mass is 10.1. The van der Waals surface area contributed by atoms with Crippen LogP contribution in [0.2, 0.25) is 0 Å². The van der Waals surface area contributed by atoms with Gasteiger partial charge in [0.25, 0.3) is 5.91 Å². The number of hydrogen-bond donors (Lipinski definition) is 1. The molecule has 5 nitrogen and oxygen atoms in total. The Morgan fingerprint density at radius 1 is 0.964 bits per heavy atom. The van der Waals surface area contributed by atoms with E-state index in [0.29, 0.717) is 11.4 Å². The maximum atomic E-state index is 12.2. The van der Waals surface area contributed by atoms with E-state index < -0.39 is 9.84 Å². The van der Waals surface area contributed by atoms with Gasteiger partial charge in [0.15, 0.2) is 16.4 Å². The van der Waals surface area contributed by atoms with Gasteiger partial charge in [-0.3, -0.25) is 4.79 Å². The van der Waals surface area contributed by atoms with Crippen molar-refractivity contribution in [1.82, 2.24) is 0 Å². The van der Waals surface area contributed by atoms with E-state index in [1.807, 2.05) is 30.3 Å². The van der Waals surface area contributed by atoms with Gasteiger partial charge in [-0.25, -0.2) is 8.42 Å². The second-order valence-electron chi connectivity index (χ2n) is 6.79. The van der Waals surface area contributed by atoms with E-state index in [-0.39, 0.29) is 17.4 Å². The molecule has 3 aromatic rings. The van der Waals surface area contributed by atoms with Crippen LogP contribution in [-0.4, -0.2) is 27.2 Å². The fourth-order valence-corrected chi connectivity index (χ4v) is 4.02. The third-order valence-corrected chi connectivity index (χ3v) is 5.79. The van der Waals surface area contributed by atoms with Crippen LogP contribution in [0, 0.1) is 0 Å². The summed E-state index contributed by atoms with van der Waals surface area (Å²) in [5.74, 6) is 0.0303. The molecular weight excluding hydrogens is 374 g/mol. The van der Waals surface area contributed by atoms with Gasteiger partial charge in [0.05, 0.1) is 4.90 Å². The number of carbonyl (C=O) groups excluding carboxylic acids is 1. The van der Waals surface area contributed by atoms with E-state index in [2.05, 4.69) is 17.4 Å². The molecule has 1 amide bonds. The molecule has 1 aliphatic carbocycles. The Morgan fingerprint density at radius 2 is 1.75 bits per heavy atom. The highest BCUT2D eigenvalue weighted by Gasteiger charge is 2.18. The van der Waals surface area contributed by atoms with Crippen LogP contribution in [0.4, 0.5) is 5.69 Å². The van der Waals surface area contributed by atoms with Crippen molar-refractivity contribution in [3.8, 4) is 16.9 Å². The zero-order chi connectivity index (χ0) is 19.7. The van der Waals surface area contributed by atoms with Crippen molar-refractivity contribution in [2.45, 2.75) is 11.3 Å². The predicted molar refractivity (Wildman–Crippen MR) is 108 cm³/mol. The molecule has 0 fully saturated rings. The molecule has 1 aliphatic rings. The maximum Gasteiger partial charge on any atom is 0.262 e. The topological polar surface area (TPSA) is 72.5 Å². The summed E-state index contributed by atoms with van der Waals surface area (Å²) in [6.45, 7) is -0.204. The van der Waals surface area contributed by atoms with Crippen molar-refractivity contribution >= 4 is 21.4 Å². The van der Waals surface area contributed by atoms with Crippen LogP contribution in [0.3, 0.4) is 0 Å². The molecule has 0 saturated heterocycles. The number of benzene rings is 3. The Kier molecular flexibility index (Phi) is 4.65. The normalized spacial score (nSPS) is 12.2. The first-order valence-electron chi connectivity index (χ1n) is 8.84. The Hall–Kier alpha value is -3.12. The average molecular weight is 393 g/mol. The number of sulfone groups is 1. The molecule has 0 aromatic heterocycles. The lowest BCUT2D eigenvalue weighted by Gasteiger charge is -2.10. The highest BCUT2D eigenvalue weighted by atomic mass is 32.2. The number of anilines is 1. The lowest BCUT2D eigenvalue weighted by Crippen LogP contribution is -2.20. The second-order valence-corrected chi connectivity index (χ2v) is 8.81. The largest absolute Gasteiger partial charge is 0.484 e. The van der Waals surface area contributed by atoms with E-state index in [1.54, 1.807) is 12.1 Å². The molecule has 28 heavy (non-hydrogen) atoms. The SMILES string of the molecule is CS(=O)(=O)c1cccc(OCC(=O)Nc2ccc3c(c2)Cc2ccccc2-3)c1. The Labute approximate surface area is 163 Å². The van der Waals surface area contributed by atoms with E-state index in [1.165, 1.54) is 34.4 Å². The molecule has 0 aliphatic heterocycles. The van der Waals surface area contributed by atoms with Crippen molar-refractivity contribution in [3.05, 3.63) is 77.9 Å². The molecule has 0 unspecified atom stereocenters. The molecule has 0 saturated carbocycles. The van der Waals surface area contributed by atoms with Crippen LogP contribution in [-0.2, 0) is 21.1 Å². The van der Waals surface area contributed by atoms with Gasteiger partial charge < -0.3 is 10.1 Å². The average Bonchev–Trinajstić information content (AvgIpc) is 3.03. The van der Waals surface area contributed by atoms with Crippen LogP contribution in [0.1, 0.15) is 11.1 Å². The van der Waals surface area contributed by atoms with Gasteiger partial charge in [-0.1, -0.05) is 36.4 Å². The highest BCUT2D eigenvalue weighted by molar-refractivity contribution is 7.90. The first-order valence-corrected chi connectivity index (χ1v) is 10.7. The summed E-state index contributed by atoms with van der Waals surface area (Å²) in [7, 11) is -3.32. The number of rotatable bonds is 5. The standard InChI is InChI=1S/C22H19NO4S/c1-28(25,26)19-7-4-6-18(13-19)27-14-22(24)23-17-9-10-21-16(12-17)11-15-5-2-3-8-20(15)21/h2-10,12-13H,11,14H2,1H3,(H,23,24). The minimum Gasteiger partial charge on any atom is -0.484 e. The molecule has 0 radical (unpaired) electrons. The molecule has 142 valence electrons. The lowest BCUT2D eigenvalue weighted by molar-refractivity contribution is -0.118. The fourth-order valence-electron chi connectivity index (χ4n) is 3.36. The van der Waals surface area contributed by atoms with Crippen molar-refractivity contribution in [2.24, 2.45) is 0 Å². The summed E-state index contributed by atoms with van der Waals surface area (Å²) >= 11 is 0.